The molecule has 0 fully saturated rings. The van der Waals surface area contributed by atoms with E-state index in [0.717, 1.165) is 29.8 Å². The molecule has 0 aliphatic rings. The van der Waals surface area contributed by atoms with Gasteiger partial charge in [-0.2, -0.15) is 0 Å². The van der Waals surface area contributed by atoms with Gasteiger partial charge in [-0.15, -0.1) is 11.3 Å². The topological polar surface area (TPSA) is 29.1 Å². The van der Waals surface area contributed by atoms with Gasteiger partial charge in [-0.05, 0) is 29.9 Å². The van der Waals surface area contributed by atoms with Crippen molar-refractivity contribution in [2.45, 2.75) is 26.7 Å². The zero-order chi connectivity index (χ0) is 9.68. The summed E-state index contributed by atoms with van der Waals surface area (Å²) in [6.07, 6.45) is 1.91. The first-order valence-corrected chi connectivity index (χ1v) is 5.52. The fourth-order valence-corrected chi connectivity index (χ4v) is 2.04. The number of hydrogen-bond acceptors (Lipinski definition) is 2. The molecule has 0 saturated carbocycles. The lowest BCUT2D eigenvalue weighted by Gasteiger charge is -2.02. The average molecular weight is 197 g/mol. The number of aryl methyl sites for hydroxylation is 1. The SMILES string of the molecule is CCCNC(=O)c1sccc1CC. The van der Waals surface area contributed by atoms with Crippen molar-refractivity contribution >= 4 is 17.2 Å². The van der Waals surface area contributed by atoms with Crippen molar-refractivity contribution in [1.29, 1.82) is 0 Å². The van der Waals surface area contributed by atoms with Crippen molar-refractivity contribution in [2.24, 2.45) is 0 Å². The van der Waals surface area contributed by atoms with E-state index < -0.39 is 0 Å². The van der Waals surface area contributed by atoms with Crippen LogP contribution in [0.3, 0.4) is 0 Å². The molecule has 1 aromatic heterocycles. The first-order chi connectivity index (χ1) is 6.29. The van der Waals surface area contributed by atoms with Gasteiger partial charge in [0.25, 0.3) is 5.91 Å². The lowest BCUT2D eigenvalue weighted by Crippen LogP contribution is -2.23. The van der Waals surface area contributed by atoms with E-state index >= 15 is 0 Å². The average Bonchev–Trinajstić information content (AvgIpc) is 2.61. The van der Waals surface area contributed by atoms with Crippen LogP contribution in [0.1, 0.15) is 35.5 Å². The Morgan fingerprint density at radius 1 is 1.54 bits per heavy atom. The molecule has 2 nitrogen and oxygen atoms in total. The molecule has 0 atom stereocenters. The molecule has 13 heavy (non-hydrogen) atoms. The van der Waals surface area contributed by atoms with E-state index in [1.807, 2.05) is 11.4 Å². The van der Waals surface area contributed by atoms with Crippen molar-refractivity contribution < 1.29 is 4.79 Å². The van der Waals surface area contributed by atoms with E-state index in [2.05, 4.69) is 19.2 Å². The molecule has 0 aliphatic carbocycles. The second kappa shape index (κ2) is 5.02. The number of carbonyl (C=O) groups excluding carboxylic acids is 1. The standard InChI is InChI=1S/C10H15NOS/c1-3-6-11-10(12)9-8(4-2)5-7-13-9/h5,7H,3-4,6H2,1-2H3,(H,11,12). The number of nitrogens with one attached hydrogen (secondary N) is 1. The summed E-state index contributed by atoms with van der Waals surface area (Å²) in [5, 5.41) is 4.85. The molecule has 72 valence electrons. The van der Waals surface area contributed by atoms with Crippen molar-refractivity contribution in [3.05, 3.63) is 21.9 Å². The van der Waals surface area contributed by atoms with E-state index in [4.69, 9.17) is 0 Å². The van der Waals surface area contributed by atoms with E-state index in [1.54, 1.807) is 0 Å². The largest absolute Gasteiger partial charge is 0.351 e. The summed E-state index contributed by atoms with van der Waals surface area (Å²) in [6, 6.07) is 2.02. The van der Waals surface area contributed by atoms with Crippen molar-refractivity contribution in [1.82, 2.24) is 5.32 Å². The molecule has 0 aliphatic heterocycles. The number of thiophene rings is 1. The lowest BCUT2D eigenvalue weighted by molar-refractivity contribution is 0.0957. The monoisotopic (exact) mass is 197 g/mol. The first kappa shape index (κ1) is 10.3. The second-order valence-electron chi connectivity index (χ2n) is 2.88. The molecule has 1 heterocycles. The third kappa shape index (κ3) is 2.56. The van der Waals surface area contributed by atoms with Crippen molar-refractivity contribution in [3.8, 4) is 0 Å². The highest BCUT2D eigenvalue weighted by atomic mass is 32.1. The van der Waals surface area contributed by atoms with Gasteiger partial charge in [-0.25, -0.2) is 0 Å². The molecule has 3 heteroatoms. The maximum atomic E-state index is 11.5. The summed E-state index contributed by atoms with van der Waals surface area (Å²) >= 11 is 1.52. The zero-order valence-corrected chi connectivity index (χ0v) is 8.91. The Morgan fingerprint density at radius 2 is 2.31 bits per heavy atom. The van der Waals surface area contributed by atoms with Crippen LogP contribution in [-0.2, 0) is 6.42 Å². The van der Waals surface area contributed by atoms with Crippen LogP contribution in [0.5, 0.6) is 0 Å². The number of amides is 1. The van der Waals surface area contributed by atoms with Crippen molar-refractivity contribution in [2.75, 3.05) is 6.54 Å². The Bertz CT molecular complexity index is 280. The second-order valence-corrected chi connectivity index (χ2v) is 3.80. The quantitative estimate of drug-likeness (QED) is 0.789. The Balaban J connectivity index is 2.65. The third-order valence-corrected chi connectivity index (χ3v) is 2.82. The maximum Gasteiger partial charge on any atom is 0.261 e. The van der Waals surface area contributed by atoms with E-state index in [1.165, 1.54) is 11.3 Å². The van der Waals surface area contributed by atoms with Crippen LogP contribution in [0, 0.1) is 0 Å². The molecule has 1 aromatic rings. The Hall–Kier alpha value is -0.830. The van der Waals surface area contributed by atoms with Gasteiger partial charge in [0.05, 0.1) is 4.88 Å². The number of rotatable bonds is 4. The van der Waals surface area contributed by atoms with Crippen LogP contribution in [0.15, 0.2) is 11.4 Å². The molecule has 1 rings (SSSR count). The van der Waals surface area contributed by atoms with Gasteiger partial charge >= 0.3 is 0 Å². The summed E-state index contributed by atoms with van der Waals surface area (Å²) in [7, 11) is 0. The normalized spacial score (nSPS) is 10.0. The predicted molar refractivity (Wildman–Crippen MR) is 56.3 cm³/mol. The molecule has 1 N–H and O–H groups in total. The van der Waals surface area contributed by atoms with Gasteiger partial charge in [0.2, 0.25) is 0 Å². The van der Waals surface area contributed by atoms with Crippen LogP contribution >= 0.6 is 11.3 Å². The van der Waals surface area contributed by atoms with Crippen LogP contribution in [-0.4, -0.2) is 12.5 Å². The van der Waals surface area contributed by atoms with Gasteiger partial charge in [0.15, 0.2) is 0 Å². The Morgan fingerprint density at radius 3 is 2.92 bits per heavy atom. The summed E-state index contributed by atoms with van der Waals surface area (Å²) in [5.41, 5.74) is 1.15. The predicted octanol–water partition coefficient (Wildman–Crippen LogP) is 2.45. The molecule has 1 amide bonds. The minimum Gasteiger partial charge on any atom is -0.351 e. The molecule has 0 bridgehead atoms. The molecular weight excluding hydrogens is 182 g/mol. The zero-order valence-electron chi connectivity index (χ0n) is 8.09. The van der Waals surface area contributed by atoms with Crippen molar-refractivity contribution in [3.63, 3.8) is 0 Å². The summed E-state index contributed by atoms with van der Waals surface area (Å²) in [4.78, 5) is 12.4. The maximum absolute atomic E-state index is 11.5. The van der Waals surface area contributed by atoms with Gasteiger partial charge in [-0.1, -0.05) is 13.8 Å². The first-order valence-electron chi connectivity index (χ1n) is 4.64. The Kier molecular flexibility index (Phi) is 3.96. The van der Waals surface area contributed by atoms with Gasteiger partial charge in [-0.3, -0.25) is 4.79 Å². The number of hydrogen-bond donors (Lipinski definition) is 1. The summed E-state index contributed by atoms with van der Waals surface area (Å²) in [6.45, 7) is 4.88. The smallest absolute Gasteiger partial charge is 0.261 e. The van der Waals surface area contributed by atoms with E-state index in [0.29, 0.717) is 0 Å². The summed E-state index contributed by atoms with van der Waals surface area (Å²) < 4.78 is 0. The fraction of sp³-hybridized carbons (Fsp3) is 0.500. The minimum atomic E-state index is 0.0775. The van der Waals surface area contributed by atoms with E-state index in [9.17, 15) is 4.79 Å². The molecule has 0 aromatic carbocycles. The van der Waals surface area contributed by atoms with Gasteiger partial charge in [0, 0.05) is 6.54 Å². The lowest BCUT2D eigenvalue weighted by atomic mass is 10.2. The van der Waals surface area contributed by atoms with Crippen LogP contribution in [0.4, 0.5) is 0 Å². The van der Waals surface area contributed by atoms with Crippen LogP contribution < -0.4 is 5.32 Å². The number of carbonyl (C=O) groups is 1. The third-order valence-electron chi connectivity index (χ3n) is 1.87. The molecule has 0 unspecified atom stereocenters. The van der Waals surface area contributed by atoms with Gasteiger partial charge < -0.3 is 5.32 Å². The molecule has 0 saturated heterocycles. The minimum absolute atomic E-state index is 0.0775. The molecule has 0 radical (unpaired) electrons. The highest BCUT2D eigenvalue weighted by Crippen LogP contribution is 2.16. The highest BCUT2D eigenvalue weighted by molar-refractivity contribution is 7.12. The molecule has 0 spiro atoms. The van der Waals surface area contributed by atoms with Gasteiger partial charge in [0.1, 0.15) is 0 Å². The summed E-state index contributed by atoms with van der Waals surface area (Å²) in [5.74, 6) is 0.0775. The fourth-order valence-electron chi connectivity index (χ4n) is 1.13. The van der Waals surface area contributed by atoms with Crippen LogP contribution in [0.25, 0.3) is 0 Å². The van der Waals surface area contributed by atoms with Crippen LogP contribution in [0.2, 0.25) is 0 Å². The highest BCUT2D eigenvalue weighted by Gasteiger charge is 2.10. The molecular formula is C10H15NOS. The van der Waals surface area contributed by atoms with E-state index in [-0.39, 0.29) is 5.91 Å². The Labute approximate surface area is 83.0 Å².